The minimum atomic E-state index is -0.397. The van der Waals surface area contributed by atoms with Crippen LogP contribution < -0.4 is 10.6 Å². The van der Waals surface area contributed by atoms with Crippen molar-refractivity contribution in [2.24, 2.45) is 0 Å². The topological polar surface area (TPSA) is 24.1 Å². The lowest BCUT2D eigenvalue weighted by Gasteiger charge is -2.30. The summed E-state index contributed by atoms with van der Waals surface area (Å²) in [6.07, 6.45) is 4.39. The third-order valence-electron chi connectivity index (χ3n) is 3.76. The number of fused-ring (bicyclic) bond motifs is 2. The Kier molecular flexibility index (Phi) is 2.74. The van der Waals surface area contributed by atoms with Gasteiger partial charge in [0.05, 0.1) is 5.69 Å². The molecule has 2 nitrogen and oxygen atoms in total. The van der Waals surface area contributed by atoms with Gasteiger partial charge >= 0.3 is 0 Å². The number of hydrogen-bond acceptors (Lipinski definition) is 2. The van der Waals surface area contributed by atoms with Crippen LogP contribution in [0, 0.1) is 11.6 Å². The normalized spacial score (nSPS) is 31.5. The molecule has 0 amide bonds. The lowest BCUT2D eigenvalue weighted by Crippen LogP contribution is -2.43. The summed E-state index contributed by atoms with van der Waals surface area (Å²) in [6.45, 7) is 0. The second kappa shape index (κ2) is 4.26. The molecular weight excluding hydrogens is 222 g/mol. The smallest absolute Gasteiger partial charge is 0.146 e. The molecule has 2 bridgehead atoms. The van der Waals surface area contributed by atoms with E-state index in [1.807, 2.05) is 0 Å². The largest absolute Gasteiger partial charge is 0.380 e. The van der Waals surface area contributed by atoms with Gasteiger partial charge in [0.2, 0.25) is 0 Å². The first-order valence-corrected chi connectivity index (χ1v) is 6.18. The Morgan fingerprint density at radius 2 is 1.82 bits per heavy atom. The second-order valence-corrected chi connectivity index (χ2v) is 5.07. The number of halogens is 2. The zero-order valence-corrected chi connectivity index (χ0v) is 9.55. The maximum atomic E-state index is 13.5. The van der Waals surface area contributed by atoms with Gasteiger partial charge in [-0.05, 0) is 43.9 Å². The van der Waals surface area contributed by atoms with Crippen LogP contribution in [0.15, 0.2) is 18.2 Å². The molecule has 2 fully saturated rings. The summed E-state index contributed by atoms with van der Waals surface area (Å²) in [5, 5.41) is 6.66. The summed E-state index contributed by atoms with van der Waals surface area (Å²) in [7, 11) is 0. The molecular formula is C13H16F2N2. The highest BCUT2D eigenvalue weighted by molar-refractivity contribution is 5.46. The fraction of sp³-hybridized carbons (Fsp3) is 0.538. The zero-order valence-electron chi connectivity index (χ0n) is 9.55. The van der Waals surface area contributed by atoms with Gasteiger partial charge < -0.3 is 10.6 Å². The van der Waals surface area contributed by atoms with Crippen LogP contribution in [0.4, 0.5) is 14.5 Å². The van der Waals surface area contributed by atoms with Gasteiger partial charge in [0.1, 0.15) is 11.6 Å². The van der Waals surface area contributed by atoms with Crippen molar-refractivity contribution >= 4 is 5.69 Å². The van der Waals surface area contributed by atoms with Gasteiger partial charge in [-0.2, -0.15) is 0 Å². The van der Waals surface area contributed by atoms with E-state index in [1.165, 1.54) is 25.0 Å². The zero-order chi connectivity index (χ0) is 11.8. The van der Waals surface area contributed by atoms with Gasteiger partial charge in [-0.1, -0.05) is 0 Å². The van der Waals surface area contributed by atoms with Gasteiger partial charge in [0.25, 0.3) is 0 Å². The van der Waals surface area contributed by atoms with Crippen LogP contribution in [-0.4, -0.2) is 18.1 Å². The Labute approximate surface area is 99.4 Å². The minimum Gasteiger partial charge on any atom is -0.380 e. The van der Waals surface area contributed by atoms with Gasteiger partial charge in [-0.25, -0.2) is 8.78 Å². The highest BCUT2D eigenvalue weighted by Crippen LogP contribution is 2.29. The standard InChI is InChI=1S/C13H16F2N2/c14-8-1-4-12(15)13(5-8)17-11-6-9-2-3-10(7-11)16-9/h1,4-5,9-11,16-17H,2-3,6-7H2. The number of nitrogens with one attached hydrogen (secondary N) is 2. The third kappa shape index (κ3) is 2.27. The Balaban J connectivity index is 1.72. The highest BCUT2D eigenvalue weighted by Gasteiger charge is 2.33. The highest BCUT2D eigenvalue weighted by atomic mass is 19.1. The maximum absolute atomic E-state index is 13.5. The predicted octanol–water partition coefficient (Wildman–Crippen LogP) is 2.66. The molecule has 2 N–H and O–H groups in total. The van der Waals surface area contributed by atoms with E-state index in [9.17, 15) is 8.78 Å². The summed E-state index contributed by atoms with van der Waals surface area (Å²) in [5.41, 5.74) is 0.288. The van der Waals surface area contributed by atoms with Crippen LogP contribution >= 0.6 is 0 Å². The van der Waals surface area contributed by atoms with Crippen molar-refractivity contribution in [1.82, 2.24) is 5.32 Å². The van der Waals surface area contributed by atoms with Crippen LogP contribution in [0.5, 0.6) is 0 Å². The first kappa shape index (κ1) is 11.0. The molecule has 3 rings (SSSR count). The van der Waals surface area contributed by atoms with Gasteiger partial charge in [0.15, 0.2) is 0 Å². The van der Waals surface area contributed by atoms with Crippen molar-refractivity contribution in [3.63, 3.8) is 0 Å². The lowest BCUT2D eigenvalue weighted by molar-refractivity contribution is 0.377. The monoisotopic (exact) mass is 238 g/mol. The molecule has 0 radical (unpaired) electrons. The second-order valence-electron chi connectivity index (χ2n) is 5.07. The number of piperidine rings is 1. The molecule has 0 aromatic heterocycles. The fourth-order valence-corrected chi connectivity index (χ4v) is 3.00. The number of hydrogen-bond donors (Lipinski definition) is 2. The van der Waals surface area contributed by atoms with E-state index in [4.69, 9.17) is 0 Å². The number of benzene rings is 1. The van der Waals surface area contributed by atoms with Gasteiger partial charge in [-0.3, -0.25) is 0 Å². The summed E-state index contributed by atoms with van der Waals surface area (Å²) >= 11 is 0. The molecule has 2 unspecified atom stereocenters. The van der Waals surface area contributed by atoms with Crippen LogP contribution in [0.2, 0.25) is 0 Å². The molecule has 2 aliphatic rings. The van der Waals surface area contributed by atoms with Crippen molar-refractivity contribution in [3.8, 4) is 0 Å². The SMILES string of the molecule is Fc1ccc(F)c(NC2CC3CCC(C2)N3)c1. The molecule has 2 atom stereocenters. The van der Waals surface area contributed by atoms with Crippen LogP contribution in [0.25, 0.3) is 0 Å². The van der Waals surface area contributed by atoms with E-state index in [0.717, 1.165) is 18.9 Å². The van der Waals surface area contributed by atoms with Crippen LogP contribution in [0.3, 0.4) is 0 Å². The van der Waals surface area contributed by atoms with Gasteiger partial charge in [0, 0.05) is 18.1 Å². The summed E-state index contributed by atoms with van der Waals surface area (Å²) in [6, 6.07) is 4.90. The van der Waals surface area contributed by atoms with Crippen molar-refractivity contribution in [2.45, 2.75) is 43.8 Å². The van der Waals surface area contributed by atoms with Crippen molar-refractivity contribution in [3.05, 3.63) is 29.8 Å². The molecule has 2 heterocycles. The molecule has 2 aliphatic heterocycles. The summed E-state index contributed by atoms with van der Waals surface area (Å²) in [5.74, 6) is -0.775. The van der Waals surface area contributed by atoms with Crippen LogP contribution in [0.1, 0.15) is 25.7 Å². The van der Waals surface area contributed by atoms with E-state index in [0.29, 0.717) is 12.1 Å². The van der Waals surface area contributed by atoms with E-state index in [2.05, 4.69) is 10.6 Å². The van der Waals surface area contributed by atoms with Crippen molar-refractivity contribution < 1.29 is 8.78 Å². The summed E-state index contributed by atoms with van der Waals surface area (Å²) < 4.78 is 26.5. The van der Waals surface area contributed by atoms with Crippen molar-refractivity contribution in [1.29, 1.82) is 0 Å². The maximum Gasteiger partial charge on any atom is 0.146 e. The third-order valence-corrected chi connectivity index (χ3v) is 3.76. The Bertz CT molecular complexity index is 410. The van der Waals surface area contributed by atoms with E-state index in [-0.39, 0.29) is 17.5 Å². The predicted molar refractivity (Wildman–Crippen MR) is 62.9 cm³/mol. The number of anilines is 1. The van der Waals surface area contributed by atoms with E-state index >= 15 is 0 Å². The fourth-order valence-electron chi connectivity index (χ4n) is 3.00. The molecule has 17 heavy (non-hydrogen) atoms. The Hall–Kier alpha value is -1.16. The molecule has 0 spiro atoms. The molecule has 1 aromatic carbocycles. The van der Waals surface area contributed by atoms with Gasteiger partial charge in [-0.15, -0.1) is 0 Å². The average molecular weight is 238 g/mol. The van der Waals surface area contributed by atoms with E-state index in [1.54, 1.807) is 0 Å². The molecule has 0 aliphatic carbocycles. The first-order valence-electron chi connectivity index (χ1n) is 6.18. The first-order chi connectivity index (χ1) is 8.20. The van der Waals surface area contributed by atoms with Crippen molar-refractivity contribution in [2.75, 3.05) is 5.32 Å². The number of rotatable bonds is 2. The average Bonchev–Trinajstić information content (AvgIpc) is 2.63. The molecule has 2 saturated heterocycles. The lowest BCUT2D eigenvalue weighted by atomic mass is 9.99. The molecule has 1 aromatic rings. The Morgan fingerprint density at radius 3 is 2.53 bits per heavy atom. The molecule has 92 valence electrons. The molecule has 4 heteroatoms. The van der Waals surface area contributed by atoms with E-state index < -0.39 is 5.82 Å². The minimum absolute atomic E-state index is 0.255. The van der Waals surface area contributed by atoms with Crippen LogP contribution in [-0.2, 0) is 0 Å². The summed E-state index contributed by atoms with van der Waals surface area (Å²) in [4.78, 5) is 0. The molecule has 0 saturated carbocycles. The quantitative estimate of drug-likeness (QED) is 0.827. The Morgan fingerprint density at radius 1 is 1.12 bits per heavy atom.